The summed E-state index contributed by atoms with van der Waals surface area (Å²) in [6.07, 6.45) is 6.46. The second kappa shape index (κ2) is 13.4. The lowest BCUT2D eigenvalue weighted by Gasteiger charge is -2.27. The predicted molar refractivity (Wildman–Crippen MR) is 189 cm³/mol. The number of halogens is 1. The molecular formula is C36H36BClN8O+. The summed E-state index contributed by atoms with van der Waals surface area (Å²) in [7, 11) is 6.40. The van der Waals surface area contributed by atoms with E-state index in [0.29, 0.717) is 5.69 Å². The molecule has 4 aromatic rings. The van der Waals surface area contributed by atoms with Crippen molar-refractivity contribution in [1.29, 1.82) is 0 Å². The van der Waals surface area contributed by atoms with Crippen LogP contribution >= 0.6 is 11.6 Å². The van der Waals surface area contributed by atoms with Gasteiger partial charge in [-0.1, -0.05) is 72.8 Å². The number of aromatic nitrogens is 1. The van der Waals surface area contributed by atoms with Gasteiger partial charge < -0.3 is 15.2 Å². The van der Waals surface area contributed by atoms with Gasteiger partial charge in [-0.25, -0.2) is 5.01 Å². The van der Waals surface area contributed by atoms with Crippen LogP contribution in [0.15, 0.2) is 127 Å². The molecule has 0 spiro atoms. The monoisotopic (exact) mass is 642 g/mol. The maximum absolute atomic E-state index is 11.9. The first-order valence-electron chi connectivity index (χ1n) is 15.6. The van der Waals surface area contributed by atoms with Gasteiger partial charge in [0, 0.05) is 42.3 Å². The molecule has 0 saturated carbocycles. The van der Waals surface area contributed by atoms with Crippen LogP contribution in [-0.2, 0) is 17.9 Å². The zero-order valence-electron chi connectivity index (χ0n) is 26.4. The summed E-state index contributed by atoms with van der Waals surface area (Å²) < 4.78 is 4.48. The molecule has 0 bridgehead atoms. The van der Waals surface area contributed by atoms with Crippen molar-refractivity contribution in [1.82, 2.24) is 25.1 Å². The molecule has 3 aromatic carbocycles. The third kappa shape index (κ3) is 6.48. The van der Waals surface area contributed by atoms with E-state index >= 15 is 0 Å². The quantitative estimate of drug-likeness (QED) is 0.132. The number of nitrogens with zero attached hydrogens (tertiary/aromatic N) is 5. The van der Waals surface area contributed by atoms with Gasteiger partial charge in [-0.3, -0.25) is 19.1 Å². The van der Waals surface area contributed by atoms with Gasteiger partial charge in [0.15, 0.2) is 0 Å². The Morgan fingerprint density at radius 1 is 0.915 bits per heavy atom. The van der Waals surface area contributed by atoms with Crippen LogP contribution in [0.3, 0.4) is 0 Å². The molecule has 1 radical (unpaired) electrons. The molecular weight excluding hydrogens is 607 g/mol. The standard InChI is InChI=1S/C36H35BClN8O/c1-42(22-26-9-5-3-6-10-26)24-30-25-44(41-40-30)35-20-18-32-36(28-13-15-29(16-14-28)39-33(47)21-38)31-17-19-34(45(31)37-46(32)35)43(2)23-27-11-7-4-8-12-27/h3-20,25,40-41H,21-24H2,1-2H3/p+1. The van der Waals surface area contributed by atoms with Crippen molar-refractivity contribution in [2.75, 3.05) is 36.8 Å². The van der Waals surface area contributed by atoms with Crippen LogP contribution in [0.1, 0.15) is 22.4 Å². The number of rotatable bonds is 10. The summed E-state index contributed by atoms with van der Waals surface area (Å²) in [5, 5.41) is 4.86. The van der Waals surface area contributed by atoms with Gasteiger partial charge in [-0.15, -0.1) is 17.1 Å². The Labute approximate surface area is 281 Å². The highest BCUT2D eigenvalue weighted by molar-refractivity contribution is 6.41. The highest BCUT2D eigenvalue weighted by Gasteiger charge is 2.40. The molecule has 0 atom stereocenters. The number of hydrazine groups is 2. The number of likely N-dealkylation sites (N-methyl/N-ethyl adjacent to an activating group) is 1. The van der Waals surface area contributed by atoms with Crippen LogP contribution in [0, 0.1) is 0 Å². The number of nitrogens with one attached hydrogen (secondary N) is 3. The number of amides is 1. The molecule has 3 aliphatic heterocycles. The van der Waals surface area contributed by atoms with Gasteiger partial charge in [0.25, 0.3) is 5.84 Å². The predicted octanol–water partition coefficient (Wildman–Crippen LogP) is 4.74. The molecule has 3 aliphatic rings. The molecule has 9 nitrogen and oxygen atoms in total. The molecule has 0 aliphatic carbocycles. The highest BCUT2D eigenvalue weighted by atomic mass is 35.5. The van der Waals surface area contributed by atoms with Crippen molar-refractivity contribution in [2.45, 2.75) is 13.1 Å². The number of fused-ring (bicyclic) bond motifs is 2. The second-order valence-corrected chi connectivity index (χ2v) is 12.2. The van der Waals surface area contributed by atoms with Crippen molar-refractivity contribution < 1.29 is 9.37 Å². The first kappa shape index (κ1) is 30.6. The molecule has 4 heterocycles. The lowest BCUT2D eigenvalue weighted by Crippen LogP contribution is -2.44. The number of amidine groups is 1. The molecule has 1 aromatic heterocycles. The fourth-order valence-corrected chi connectivity index (χ4v) is 6.29. The molecule has 1 amide bonds. The highest BCUT2D eigenvalue weighted by Crippen LogP contribution is 2.38. The zero-order chi connectivity index (χ0) is 32.3. The van der Waals surface area contributed by atoms with Crippen LogP contribution in [0.4, 0.5) is 11.5 Å². The van der Waals surface area contributed by atoms with E-state index in [2.05, 4.69) is 136 Å². The third-order valence-corrected chi connectivity index (χ3v) is 8.62. The minimum absolute atomic E-state index is 0.0864. The maximum atomic E-state index is 11.9. The second-order valence-electron chi connectivity index (χ2n) is 11.9. The molecule has 11 heteroatoms. The normalized spacial score (nSPS) is 16.1. The summed E-state index contributed by atoms with van der Waals surface area (Å²) in [5.74, 6) is 1.72. The Hall–Kier alpha value is -5.03. The summed E-state index contributed by atoms with van der Waals surface area (Å²) in [4.78, 5) is 16.4. The zero-order valence-corrected chi connectivity index (χ0v) is 27.2. The van der Waals surface area contributed by atoms with Crippen molar-refractivity contribution >= 4 is 48.0 Å². The molecule has 235 valence electrons. The van der Waals surface area contributed by atoms with E-state index in [0.717, 1.165) is 59.5 Å². The number of alkyl halides is 1. The minimum atomic E-state index is -0.233. The number of hydrogen-bond donors (Lipinski definition) is 3. The largest absolute Gasteiger partial charge is 0.553 e. The Bertz CT molecular complexity index is 1900. The number of allylic oxidation sites excluding steroid dienone is 1. The van der Waals surface area contributed by atoms with Gasteiger partial charge in [-0.2, -0.15) is 0 Å². The number of benzene rings is 3. The summed E-state index contributed by atoms with van der Waals surface area (Å²) in [5.41, 5.74) is 15.3. The molecule has 7 rings (SSSR count). The number of carbonyl (C=O) groups excluding carboxylic acids is 1. The molecule has 0 saturated heterocycles. The van der Waals surface area contributed by atoms with E-state index in [9.17, 15) is 4.79 Å². The van der Waals surface area contributed by atoms with E-state index in [1.165, 1.54) is 11.1 Å². The SMILES string of the molecule is CN(CC1=CN(c2ccc3n2[B]N2C(=C3c3ccc(NC(=O)CCl)cc3)C=CC2=[N+](C)Cc2ccccc2)NN1)Cc1ccccc1. The molecule has 3 N–H and O–H groups in total. The molecule has 0 fully saturated rings. The molecule has 0 unspecified atom stereocenters. The van der Waals surface area contributed by atoms with Crippen LogP contribution in [-0.4, -0.2) is 64.6 Å². The van der Waals surface area contributed by atoms with Crippen LogP contribution in [0.5, 0.6) is 0 Å². The van der Waals surface area contributed by atoms with E-state index in [1.54, 1.807) is 0 Å². The van der Waals surface area contributed by atoms with Crippen molar-refractivity contribution in [3.63, 3.8) is 0 Å². The van der Waals surface area contributed by atoms with E-state index in [-0.39, 0.29) is 11.8 Å². The van der Waals surface area contributed by atoms with Gasteiger partial charge in [0.2, 0.25) is 5.91 Å². The van der Waals surface area contributed by atoms with Crippen molar-refractivity contribution in [3.8, 4) is 0 Å². The van der Waals surface area contributed by atoms with E-state index < -0.39 is 0 Å². The topological polar surface area (TPSA) is 70.8 Å². The van der Waals surface area contributed by atoms with Crippen molar-refractivity contribution in [3.05, 3.63) is 149 Å². The Morgan fingerprint density at radius 2 is 1.64 bits per heavy atom. The van der Waals surface area contributed by atoms with Crippen LogP contribution in [0.2, 0.25) is 0 Å². The van der Waals surface area contributed by atoms with E-state index in [4.69, 9.17) is 11.6 Å². The maximum Gasteiger partial charge on any atom is 0.553 e. The number of hydrogen-bond acceptors (Lipinski definition) is 5. The summed E-state index contributed by atoms with van der Waals surface area (Å²) in [6, 6.07) is 33.2. The smallest absolute Gasteiger partial charge is 0.329 e. The van der Waals surface area contributed by atoms with Gasteiger partial charge in [0.1, 0.15) is 23.9 Å². The minimum Gasteiger partial charge on any atom is -0.329 e. The first-order chi connectivity index (χ1) is 23.0. The Morgan fingerprint density at radius 3 is 2.36 bits per heavy atom. The fraction of sp³-hybridized carbons (Fsp3) is 0.167. The average Bonchev–Trinajstić information content (AvgIpc) is 3.83. The fourth-order valence-electron chi connectivity index (χ4n) is 6.23. The average molecular weight is 643 g/mol. The van der Waals surface area contributed by atoms with E-state index in [1.807, 2.05) is 41.4 Å². The van der Waals surface area contributed by atoms with Crippen LogP contribution in [0.25, 0.3) is 5.57 Å². The third-order valence-electron chi connectivity index (χ3n) is 8.37. The Kier molecular flexibility index (Phi) is 8.71. The molecule has 47 heavy (non-hydrogen) atoms. The van der Waals surface area contributed by atoms with Gasteiger partial charge in [-0.05, 0) is 54.1 Å². The first-order valence-corrected chi connectivity index (χ1v) is 16.1. The van der Waals surface area contributed by atoms with Crippen LogP contribution < -0.4 is 21.3 Å². The number of carbonyl (C=O) groups is 1. The summed E-state index contributed by atoms with van der Waals surface area (Å²) in [6.45, 7) is 2.39. The lowest BCUT2D eigenvalue weighted by molar-refractivity contribution is -0.516. The van der Waals surface area contributed by atoms with Crippen molar-refractivity contribution in [2.24, 2.45) is 0 Å². The van der Waals surface area contributed by atoms with Gasteiger partial charge >= 0.3 is 7.55 Å². The summed E-state index contributed by atoms with van der Waals surface area (Å²) >= 11 is 5.72. The lowest BCUT2D eigenvalue weighted by atomic mass is 9.91. The Balaban J connectivity index is 1.21. The van der Waals surface area contributed by atoms with Gasteiger partial charge in [0.05, 0.1) is 12.7 Å². The number of anilines is 2.